The van der Waals surface area contributed by atoms with Gasteiger partial charge in [-0.1, -0.05) is 42.5 Å². The highest BCUT2D eigenvalue weighted by atomic mass is 15.1. The number of hydrogen-bond donors (Lipinski definition) is 1. The third kappa shape index (κ3) is 5.09. The first-order valence-electron chi connectivity index (χ1n) is 12.9. The average molecular weight is 465 g/mol. The van der Waals surface area contributed by atoms with Crippen LogP contribution in [0, 0.1) is 0 Å². The molecule has 4 rings (SSSR count). The van der Waals surface area contributed by atoms with Crippen molar-refractivity contribution in [1.82, 2.24) is 0 Å². The van der Waals surface area contributed by atoms with Crippen LogP contribution in [0.2, 0.25) is 0 Å². The minimum absolute atomic E-state index is 0.902. The predicted molar refractivity (Wildman–Crippen MR) is 154 cm³/mol. The Morgan fingerprint density at radius 2 is 1.43 bits per heavy atom. The topological polar surface area (TPSA) is 18.3 Å². The van der Waals surface area contributed by atoms with E-state index in [0.29, 0.717) is 0 Å². The van der Waals surface area contributed by atoms with Gasteiger partial charge in [0.15, 0.2) is 5.71 Å². The van der Waals surface area contributed by atoms with Gasteiger partial charge in [-0.05, 0) is 85.7 Å². The smallest absolute Gasteiger partial charge is 0.199 e. The summed E-state index contributed by atoms with van der Waals surface area (Å²) in [5.41, 5.74) is 8.68. The number of hydrogen-bond acceptors (Lipinski definition) is 2. The number of nitrogens with one attached hydrogen (secondary N) is 1. The predicted octanol–water partition coefficient (Wildman–Crippen LogP) is 7.15. The SMILES string of the molecule is CCNc1ccc(C(=C2C=CC(=[N+](C)CC)C=C2)c2ccc(N(CC)CC)cc2)c2ccccc12. The van der Waals surface area contributed by atoms with Gasteiger partial charge >= 0.3 is 0 Å². The molecule has 0 bridgehead atoms. The first kappa shape index (κ1) is 24.5. The molecule has 0 atom stereocenters. The van der Waals surface area contributed by atoms with Crippen LogP contribution in [-0.2, 0) is 0 Å². The van der Waals surface area contributed by atoms with Crippen molar-refractivity contribution in [2.24, 2.45) is 0 Å². The second-order valence-corrected chi connectivity index (χ2v) is 8.89. The van der Waals surface area contributed by atoms with Crippen LogP contribution in [-0.4, -0.2) is 43.5 Å². The van der Waals surface area contributed by atoms with Gasteiger partial charge in [0.25, 0.3) is 0 Å². The van der Waals surface area contributed by atoms with Gasteiger partial charge in [-0.2, -0.15) is 0 Å². The molecule has 0 heterocycles. The molecule has 0 aliphatic heterocycles. The van der Waals surface area contributed by atoms with E-state index in [2.05, 4.69) is 135 Å². The molecule has 0 unspecified atom stereocenters. The number of benzene rings is 3. The molecule has 3 aromatic rings. The van der Waals surface area contributed by atoms with Crippen molar-refractivity contribution in [1.29, 1.82) is 0 Å². The van der Waals surface area contributed by atoms with Crippen molar-refractivity contribution in [2.75, 3.05) is 43.4 Å². The van der Waals surface area contributed by atoms with Crippen LogP contribution in [0.5, 0.6) is 0 Å². The summed E-state index contributed by atoms with van der Waals surface area (Å²) in [6, 6.07) is 22.3. The molecule has 35 heavy (non-hydrogen) atoms. The molecular weight excluding hydrogens is 426 g/mol. The van der Waals surface area contributed by atoms with E-state index >= 15 is 0 Å². The minimum Gasteiger partial charge on any atom is -0.385 e. The van der Waals surface area contributed by atoms with Crippen molar-refractivity contribution in [3.05, 3.63) is 102 Å². The fourth-order valence-corrected chi connectivity index (χ4v) is 4.83. The van der Waals surface area contributed by atoms with Crippen LogP contribution in [0.3, 0.4) is 0 Å². The molecule has 3 heteroatoms. The molecule has 180 valence electrons. The van der Waals surface area contributed by atoms with Crippen molar-refractivity contribution in [2.45, 2.75) is 27.7 Å². The van der Waals surface area contributed by atoms with Crippen molar-refractivity contribution in [3.8, 4) is 0 Å². The van der Waals surface area contributed by atoms with Gasteiger partial charge in [0.2, 0.25) is 0 Å². The molecular formula is C32H38N3+. The van der Waals surface area contributed by atoms with E-state index in [9.17, 15) is 0 Å². The Labute approximate surface area is 210 Å². The van der Waals surface area contributed by atoms with Gasteiger partial charge in [0.1, 0.15) is 13.6 Å². The number of rotatable bonds is 8. The molecule has 1 aliphatic carbocycles. The average Bonchev–Trinajstić information content (AvgIpc) is 2.91. The third-order valence-corrected chi connectivity index (χ3v) is 6.92. The standard InChI is InChI=1S/C32H37N3/c1-6-33-31-23-22-30(28-12-10-11-13-29(28)31)32(24-14-18-26(19-15-24)34(5)7-2)25-16-20-27(21-17-25)35(8-3)9-4/h10-23H,6-9H2,1-5H3/p+1. The Morgan fingerprint density at radius 1 is 0.771 bits per heavy atom. The van der Waals surface area contributed by atoms with Crippen LogP contribution in [0.25, 0.3) is 16.3 Å². The first-order valence-corrected chi connectivity index (χ1v) is 12.9. The Bertz CT molecular complexity index is 1280. The van der Waals surface area contributed by atoms with E-state index in [0.717, 1.165) is 26.2 Å². The minimum atomic E-state index is 0.902. The van der Waals surface area contributed by atoms with E-state index in [4.69, 9.17) is 0 Å². The van der Waals surface area contributed by atoms with Crippen LogP contribution in [0.15, 0.2) is 90.5 Å². The second kappa shape index (κ2) is 11.2. The summed E-state index contributed by atoms with van der Waals surface area (Å²) in [6.07, 6.45) is 9.00. The number of nitrogens with zero attached hydrogens (tertiary/aromatic N) is 2. The number of allylic oxidation sites excluding steroid dienone is 5. The number of fused-ring (bicyclic) bond motifs is 1. The molecule has 1 aliphatic rings. The molecule has 3 nitrogen and oxygen atoms in total. The van der Waals surface area contributed by atoms with E-state index in [1.165, 1.54) is 50.1 Å². The van der Waals surface area contributed by atoms with Gasteiger partial charge < -0.3 is 10.2 Å². The lowest BCUT2D eigenvalue weighted by Gasteiger charge is -2.22. The highest BCUT2D eigenvalue weighted by Crippen LogP contribution is 2.37. The van der Waals surface area contributed by atoms with Crippen LogP contribution < -0.4 is 10.2 Å². The molecule has 0 radical (unpaired) electrons. The van der Waals surface area contributed by atoms with Crippen molar-refractivity contribution < 1.29 is 4.58 Å². The second-order valence-electron chi connectivity index (χ2n) is 8.89. The van der Waals surface area contributed by atoms with Gasteiger partial charge in [0, 0.05) is 48.5 Å². The molecule has 0 saturated heterocycles. The summed E-state index contributed by atoms with van der Waals surface area (Å²) in [6.45, 7) is 12.7. The maximum atomic E-state index is 3.54. The summed E-state index contributed by atoms with van der Waals surface area (Å²) < 4.78 is 2.27. The molecule has 0 spiro atoms. The van der Waals surface area contributed by atoms with Crippen molar-refractivity contribution >= 4 is 33.4 Å². The Balaban J connectivity index is 1.93. The van der Waals surface area contributed by atoms with Crippen LogP contribution >= 0.6 is 0 Å². The Hall–Kier alpha value is -3.59. The lowest BCUT2D eigenvalue weighted by molar-refractivity contribution is -0.491. The monoisotopic (exact) mass is 464 g/mol. The molecule has 0 fully saturated rings. The zero-order chi connectivity index (χ0) is 24.8. The first-order chi connectivity index (χ1) is 17.1. The highest BCUT2D eigenvalue weighted by Gasteiger charge is 2.17. The fourth-order valence-electron chi connectivity index (χ4n) is 4.83. The van der Waals surface area contributed by atoms with E-state index in [1.807, 2.05) is 0 Å². The normalized spacial score (nSPS) is 12.8. The molecule has 3 aromatic carbocycles. The summed E-state index contributed by atoms with van der Waals surface area (Å²) in [5.74, 6) is 0. The molecule has 0 amide bonds. The highest BCUT2D eigenvalue weighted by molar-refractivity contribution is 6.07. The summed E-state index contributed by atoms with van der Waals surface area (Å²) in [4.78, 5) is 2.39. The summed E-state index contributed by atoms with van der Waals surface area (Å²) >= 11 is 0. The lowest BCUT2D eigenvalue weighted by Crippen LogP contribution is -2.21. The van der Waals surface area contributed by atoms with Gasteiger partial charge in [-0.25, -0.2) is 4.58 Å². The van der Waals surface area contributed by atoms with Gasteiger partial charge in [-0.15, -0.1) is 0 Å². The zero-order valence-electron chi connectivity index (χ0n) is 21.8. The zero-order valence-corrected chi connectivity index (χ0v) is 21.8. The molecule has 1 N–H and O–H groups in total. The van der Waals surface area contributed by atoms with Crippen LogP contribution in [0.1, 0.15) is 38.8 Å². The molecule has 0 saturated carbocycles. The Kier molecular flexibility index (Phi) is 7.87. The maximum absolute atomic E-state index is 3.54. The van der Waals surface area contributed by atoms with Crippen molar-refractivity contribution in [3.63, 3.8) is 0 Å². The van der Waals surface area contributed by atoms with E-state index in [1.54, 1.807) is 0 Å². The number of anilines is 2. The quantitative estimate of drug-likeness (QED) is 0.357. The summed E-state index contributed by atoms with van der Waals surface area (Å²) in [5, 5.41) is 6.06. The molecule has 0 aromatic heterocycles. The Morgan fingerprint density at radius 3 is 2.03 bits per heavy atom. The fraction of sp³-hybridized carbons (Fsp3) is 0.281. The maximum Gasteiger partial charge on any atom is 0.199 e. The van der Waals surface area contributed by atoms with E-state index < -0.39 is 0 Å². The van der Waals surface area contributed by atoms with E-state index in [-0.39, 0.29) is 0 Å². The van der Waals surface area contributed by atoms with Gasteiger partial charge in [-0.3, -0.25) is 0 Å². The third-order valence-electron chi connectivity index (χ3n) is 6.92. The largest absolute Gasteiger partial charge is 0.385 e. The van der Waals surface area contributed by atoms with Crippen LogP contribution in [0.4, 0.5) is 11.4 Å². The lowest BCUT2D eigenvalue weighted by atomic mass is 9.87. The summed E-state index contributed by atoms with van der Waals surface area (Å²) in [7, 11) is 2.14. The van der Waals surface area contributed by atoms with Gasteiger partial charge in [0.05, 0.1) is 0 Å².